The van der Waals surface area contributed by atoms with Crippen molar-refractivity contribution in [1.29, 1.82) is 0 Å². The fourth-order valence-corrected chi connectivity index (χ4v) is 4.30. The highest BCUT2D eigenvalue weighted by atomic mass is 19.4. The molecule has 188 valence electrons. The first-order valence-electron chi connectivity index (χ1n) is 11.8. The number of carbonyl (C=O) groups is 1. The van der Waals surface area contributed by atoms with E-state index in [1.165, 1.54) is 18.3 Å². The average molecular weight is 505 g/mol. The summed E-state index contributed by atoms with van der Waals surface area (Å²) in [6.07, 6.45) is 1.13. The number of unbranched alkanes of at least 4 members (excludes halogenated alkanes) is 1. The number of fused-ring (bicyclic) bond motifs is 3. The summed E-state index contributed by atoms with van der Waals surface area (Å²) in [5.74, 6) is -0.665. The molecule has 5 aromatic rings. The normalized spacial score (nSPS) is 11.9. The van der Waals surface area contributed by atoms with Crippen molar-refractivity contribution in [3.8, 4) is 16.8 Å². The zero-order chi connectivity index (χ0) is 26.2. The first-order chi connectivity index (χ1) is 17.7. The number of hydrogen-bond acceptors (Lipinski definition) is 5. The molecule has 0 N–H and O–H groups in total. The van der Waals surface area contributed by atoms with Gasteiger partial charge in [0.05, 0.1) is 23.0 Å². The van der Waals surface area contributed by atoms with Crippen LogP contribution in [-0.2, 0) is 17.4 Å². The SMILES string of the molecule is CCCCC(=O)Cc1ccc(-c2ccc3ncc4oc(=O)n(-c5cccc(C(F)(F)F)c5)c4c3c2)cn1. The van der Waals surface area contributed by atoms with Crippen LogP contribution in [0.5, 0.6) is 0 Å². The van der Waals surface area contributed by atoms with Gasteiger partial charge < -0.3 is 4.42 Å². The molecule has 0 amide bonds. The zero-order valence-electron chi connectivity index (χ0n) is 19.9. The van der Waals surface area contributed by atoms with Gasteiger partial charge in [-0.25, -0.2) is 9.36 Å². The molecule has 0 aliphatic rings. The van der Waals surface area contributed by atoms with Crippen LogP contribution >= 0.6 is 0 Å². The van der Waals surface area contributed by atoms with Crippen molar-refractivity contribution in [2.75, 3.05) is 0 Å². The Morgan fingerprint density at radius 2 is 1.81 bits per heavy atom. The highest BCUT2D eigenvalue weighted by molar-refractivity contribution is 6.03. The van der Waals surface area contributed by atoms with Crippen molar-refractivity contribution in [2.24, 2.45) is 0 Å². The Hall–Kier alpha value is -4.27. The van der Waals surface area contributed by atoms with Crippen LogP contribution in [0.3, 0.4) is 0 Å². The van der Waals surface area contributed by atoms with Crippen LogP contribution < -0.4 is 5.76 Å². The van der Waals surface area contributed by atoms with Gasteiger partial charge in [0.15, 0.2) is 5.58 Å². The number of carbonyl (C=O) groups excluding carboxylic acids is 1. The fraction of sp³-hybridized carbons (Fsp3) is 0.214. The number of ketones is 1. The summed E-state index contributed by atoms with van der Waals surface area (Å²) in [4.78, 5) is 33.6. The number of benzene rings is 2. The van der Waals surface area contributed by atoms with E-state index in [2.05, 4.69) is 9.97 Å². The van der Waals surface area contributed by atoms with Crippen molar-refractivity contribution < 1.29 is 22.4 Å². The lowest BCUT2D eigenvalue weighted by Gasteiger charge is -2.10. The number of nitrogens with zero attached hydrogens (tertiary/aromatic N) is 3. The minimum atomic E-state index is -4.56. The maximum atomic E-state index is 13.3. The van der Waals surface area contributed by atoms with Crippen LogP contribution in [0, 0.1) is 0 Å². The minimum Gasteiger partial charge on any atom is -0.406 e. The first-order valence-corrected chi connectivity index (χ1v) is 11.8. The third-order valence-electron chi connectivity index (χ3n) is 6.19. The van der Waals surface area contributed by atoms with E-state index >= 15 is 0 Å². The molecule has 0 spiro atoms. The maximum absolute atomic E-state index is 13.3. The predicted molar refractivity (Wildman–Crippen MR) is 134 cm³/mol. The van der Waals surface area contributed by atoms with E-state index in [4.69, 9.17) is 4.42 Å². The summed E-state index contributed by atoms with van der Waals surface area (Å²) in [6.45, 7) is 2.04. The molecule has 9 heteroatoms. The summed E-state index contributed by atoms with van der Waals surface area (Å²) < 4.78 is 46.4. The highest BCUT2D eigenvalue weighted by Crippen LogP contribution is 2.33. The van der Waals surface area contributed by atoms with Crippen molar-refractivity contribution in [1.82, 2.24) is 14.5 Å². The van der Waals surface area contributed by atoms with Gasteiger partial charge >= 0.3 is 11.9 Å². The molecule has 3 heterocycles. The second-order valence-corrected chi connectivity index (χ2v) is 8.81. The largest absolute Gasteiger partial charge is 0.424 e. The fourth-order valence-electron chi connectivity index (χ4n) is 4.30. The van der Waals surface area contributed by atoms with Gasteiger partial charge in [-0.05, 0) is 48.4 Å². The van der Waals surface area contributed by atoms with Crippen LogP contribution in [0.1, 0.15) is 37.4 Å². The van der Waals surface area contributed by atoms with Crippen LogP contribution in [0.15, 0.2) is 76.2 Å². The summed E-state index contributed by atoms with van der Waals surface area (Å²) in [6, 6.07) is 13.6. The molecule has 0 radical (unpaired) electrons. The van der Waals surface area contributed by atoms with Gasteiger partial charge in [0.25, 0.3) is 0 Å². The number of oxazole rings is 1. The second kappa shape index (κ2) is 9.65. The molecule has 0 aliphatic heterocycles. The minimum absolute atomic E-state index is 0.0373. The third-order valence-corrected chi connectivity index (χ3v) is 6.19. The molecule has 0 saturated carbocycles. The number of rotatable bonds is 7. The number of Topliss-reactive ketones (excluding diaryl/α,β-unsaturated/α-hetero) is 1. The number of alkyl halides is 3. The third kappa shape index (κ3) is 4.89. The molecule has 0 saturated heterocycles. The lowest BCUT2D eigenvalue weighted by Crippen LogP contribution is -2.13. The average Bonchev–Trinajstić information content (AvgIpc) is 3.23. The van der Waals surface area contributed by atoms with Crippen molar-refractivity contribution in [2.45, 2.75) is 38.8 Å². The quantitative estimate of drug-likeness (QED) is 0.252. The Balaban J connectivity index is 1.58. The Bertz CT molecular complexity index is 1670. The van der Waals surface area contributed by atoms with E-state index in [-0.39, 0.29) is 23.5 Å². The van der Waals surface area contributed by atoms with Crippen LogP contribution in [0.25, 0.3) is 38.8 Å². The highest BCUT2D eigenvalue weighted by Gasteiger charge is 2.31. The van der Waals surface area contributed by atoms with Crippen molar-refractivity contribution >= 4 is 27.8 Å². The molecule has 0 fully saturated rings. The molecule has 2 aromatic carbocycles. The van der Waals surface area contributed by atoms with Gasteiger partial charge in [-0.15, -0.1) is 0 Å². The Morgan fingerprint density at radius 3 is 2.54 bits per heavy atom. The number of halogens is 3. The van der Waals surface area contributed by atoms with Crippen molar-refractivity contribution in [3.63, 3.8) is 0 Å². The first kappa shape index (κ1) is 24.4. The van der Waals surface area contributed by atoms with Gasteiger partial charge in [0, 0.05) is 35.7 Å². The van der Waals surface area contributed by atoms with Crippen LogP contribution in [0.4, 0.5) is 13.2 Å². The standard InChI is InChI=1S/C28H22F3N3O3/c1-2-3-7-22(35)14-20-10-8-18(15-32-20)17-9-11-24-23(12-17)26-25(16-33-24)37-27(36)34(26)21-6-4-5-19(13-21)28(29,30)31/h4-6,8-13,15-16H,2-3,7,14H2,1H3. The van der Waals surface area contributed by atoms with E-state index in [1.807, 2.05) is 19.1 Å². The van der Waals surface area contributed by atoms with Gasteiger partial charge in [-0.2, -0.15) is 13.2 Å². The maximum Gasteiger partial charge on any atom is 0.424 e. The van der Waals surface area contributed by atoms with E-state index in [9.17, 15) is 22.8 Å². The zero-order valence-corrected chi connectivity index (χ0v) is 19.9. The van der Waals surface area contributed by atoms with Gasteiger partial charge in [0.2, 0.25) is 0 Å². The van der Waals surface area contributed by atoms with E-state index < -0.39 is 17.5 Å². The molecule has 37 heavy (non-hydrogen) atoms. The predicted octanol–water partition coefficient (Wildman–Crippen LogP) is 6.51. The lowest BCUT2D eigenvalue weighted by atomic mass is 10.0. The van der Waals surface area contributed by atoms with Gasteiger partial charge in [-0.3, -0.25) is 14.8 Å². The summed E-state index contributed by atoms with van der Waals surface area (Å²) in [5.41, 5.74) is 2.42. The Kier molecular flexibility index (Phi) is 6.37. The van der Waals surface area contributed by atoms with Crippen molar-refractivity contribution in [3.05, 3.63) is 88.8 Å². The van der Waals surface area contributed by atoms with Crippen LogP contribution in [0.2, 0.25) is 0 Å². The van der Waals surface area contributed by atoms with Crippen LogP contribution in [-0.4, -0.2) is 20.3 Å². The monoisotopic (exact) mass is 505 g/mol. The van der Waals surface area contributed by atoms with E-state index in [0.29, 0.717) is 28.5 Å². The molecular formula is C28H22F3N3O3. The number of pyridine rings is 2. The smallest absolute Gasteiger partial charge is 0.406 e. The molecule has 0 aliphatic carbocycles. The Labute approximate surface area is 209 Å². The molecular weight excluding hydrogens is 483 g/mol. The summed E-state index contributed by atoms with van der Waals surface area (Å²) >= 11 is 0. The lowest BCUT2D eigenvalue weighted by molar-refractivity contribution is -0.137. The molecule has 0 atom stereocenters. The molecule has 6 nitrogen and oxygen atoms in total. The van der Waals surface area contributed by atoms with Gasteiger partial charge in [-0.1, -0.05) is 31.5 Å². The summed E-state index contributed by atoms with van der Waals surface area (Å²) in [7, 11) is 0. The Morgan fingerprint density at radius 1 is 1.00 bits per heavy atom. The molecule has 5 rings (SSSR count). The molecule has 0 bridgehead atoms. The summed E-state index contributed by atoms with van der Waals surface area (Å²) in [5, 5.41) is 0.539. The van der Waals surface area contributed by atoms with E-state index in [1.54, 1.807) is 24.4 Å². The number of aromatic nitrogens is 3. The number of hydrogen-bond donors (Lipinski definition) is 0. The molecule has 3 aromatic heterocycles. The topological polar surface area (TPSA) is 78.0 Å². The molecule has 0 unspecified atom stereocenters. The van der Waals surface area contributed by atoms with Gasteiger partial charge in [0.1, 0.15) is 11.3 Å². The second-order valence-electron chi connectivity index (χ2n) is 8.81. The van der Waals surface area contributed by atoms with E-state index in [0.717, 1.165) is 40.7 Å².